The number of carbonyl (C=O) groups excluding carboxylic acids is 2. The first-order chi connectivity index (χ1) is 8.49. The van der Waals surface area contributed by atoms with Crippen LogP contribution in [-0.4, -0.2) is 60.8 Å². The molecule has 1 fully saturated rings. The number of carbonyl (C=O) groups is 2. The quantitative estimate of drug-likeness (QED) is 0.664. The number of ether oxygens (including phenoxy) is 1. The molecule has 1 heterocycles. The summed E-state index contributed by atoms with van der Waals surface area (Å²) < 4.78 is 4.89. The number of methoxy groups -OCH3 is 1. The Morgan fingerprint density at radius 2 is 2.28 bits per heavy atom. The molecule has 1 aliphatic rings. The highest BCUT2D eigenvalue weighted by atomic mass is 16.5. The van der Waals surface area contributed by atoms with Crippen LogP contribution in [0.1, 0.15) is 20.3 Å². The average molecular weight is 258 g/mol. The zero-order valence-electron chi connectivity index (χ0n) is 11.2. The van der Waals surface area contributed by atoms with E-state index < -0.39 is 6.04 Å². The lowest BCUT2D eigenvalue weighted by atomic mass is 10.1. The Kier molecular flexibility index (Phi) is 5.55. The summed E-state index contributed by atoms with van der Waals surface area (Å²) in [5, 5.41) is 11.8. The maximum absolute atomic E-state index is 11.9. The summed E-state index contributed by atoms with van der Waals surface area (Å²) in [5.41, 5.74) is 0. The van der Waals surface area contributed by atoms with Gasteiger partial charge >= 0.3 is 0 Å². The van der Waals surface area contributed by atoms with Crippen molar-refractivity contribution in [3.05, 3.63) is 0 Å². The molecule has 0 aromatic carbocycles. The standard InChI is InChI=1S/C12H22N2O4/c1-8(2)14-5-9(4-11(14)16)12(17)13-10(6-15)7-18-3/h8-10,15H,4-7H2,1-3H3,(H,13,17). The number of aliphatic hydroxyl groups excluding tert-OH is 1. The van der Waals surface area contributed by atoms with Gasteiger partial charge in [0.05, 0.1) is 25.2 Å². The molecule has 0 spiro atoms. The Labute approximate surface area is 107 Å². The van der Waals surface area contributed by atoms with Crippen molar-refractivity contribution in [3.63, 3.8) is 0 Å². The molecule has 6 nitrogen and oxygen atoms in total. The molecule has 6 heteroatoms. The van der Waals surface area contributed by atoms with Crippen LogP contribution in [0.4, 0.5) is 0 Å². The summed E-state index contributed by atoms with van der Waals surface area (Å²) in [6.07, 6.45) is 0.245. The van der Waals surface area contributed by atoms with Crippen molar-refractivity contribution in [3.8, 4) is 0 Å². The summed E-state index contributed by atoms with van der Waals surface area (Å²) >= 11 is 0. The highest BCUT2D eigenvalue weighted by Crippen LogP contribution is 2.20. The van der Waals surface area contributed by atoms with Gasteiger partial charge in [-0.3, -0.25) is 9.59 Å². The van der Waals surface area contributed by atoms with Gasteiger partial charge in [-0.25, -0.2) is 0 Å². The van der Waals surface area contributed by atoms with Gasteiger partial charge < -0.3 is 20.1 Å². The van der Waals surface area contributed by atoms with Crippen LogP contribution in [0, 0.1) is 5.92 Å². The van der Waals surface area contributed by atoms with Gasteiger partial charge in [0.2, 0.25) is 11.8 Å². The molecule has 2 amide bonds. The Balaban J connectivity index is 2.51. The van der Waals surface area contributed by atoms with E-state index in [-0.39, 0.29) is 43.4 Å². The highest BCUT2D eigenvalue weighted by molar-refractivity contribution is 5.89. The zero-order valence-corrected chi connectivity index (χ0v) is 11.2. The second-order valence-corrected chi connectivity index (χ2v) is 4.88. The number of hydrogen-bond acceptors (Lipinski definition) is 4. The smallest absolute Gasteiger partial charge is 0.225 e. The molecule has 2 N–H and O–H groups in total. The van der Waals surface area contributed by atoms with Gasteiger partial charge in [0, 0.05) is 26.1 Å². The van der Waals surface area contributed by atoms with E-state index in [9.17, 15) is 9.59 Å². The Morgan fingerprint density at radius 1 is 1.61 bits per heavy atom. The molecule has 18 heavy (non-hydrogen) atoms. The van der Waals surface area contributed by atoms with Crippen molar-refractivity contribution in [2.45, 2.75) is 32.4 Å². The number of likely N-dealkylation sites (tertiary alicyclic amines) is 1. The molecule has 2 unspecified atom stereocenters. The van der Waals surface area contributed by atoms with Gasteiger partial charge in [0.25, 0.3) is 0 Å². The first kappa shape index (κ1) is 14.9. The summed E-state index contributed by atoms with van der Waals surface area (Å²) in [5.74, 6) is -0.508. The van der Waals surface area contributed by atoms with Gasteiger partial charge in [0.15, 0.2) is 0 Å². The minimum atomic E-state index is -0.411. The van der Waals surface area contributed by atoms with E-state index in [0.717, 1.165) is 0 Å². The monoisotopic (exact) mass is 258 g/mol. The predicted octanol–water partition coefficient (Wildman–Crippen LogP) is -0.633. The third-order valence-electron chi connectivity index (χ3n) is 3.09. The van der Waals surface area contributed by atoms with Crippen LogP contribution in [-0.2, 0) is 14.3 Å². The topological polar surface area (TPSA) is 78.9 Å². The minimum absolute atomic E-state index is 0.0115. The molecule has 1 rings (SSSR count). The molecule has 104 valence electrons. The number of nitrogens with one attached hydrogen (secondary N) is 1. The van der Waals surface area contributed by atoms with E-state index in [1.807, 2.05) is 13.8 Å². The lowest BCUT2D eigenvalue weighted by Gasteiger charge is -2.21. The summed E-state index contributed by atoms with van der Waals surface area (Å²) in [4.78, 5) is 25.3. The van der Waals surface area contributed by atoms with Crippen LogP contribution in [0.2, 0.25) is 0 Å². The first-order valence-electron chi connectivity index (χ1n) is 6.19. The third kappa shape index (κ3) is 3.68. The van der Waals surface area contributed by atoms with Crippen LogP contribution in [0.25, 0.3) is 0 Å². The van der Waals surface area contributed by atoms with Crippen LogP contribution in [0.5, 0.6) is 0 Å². The molecule has 1 saturated heterocycles. The Morgan fingerprint density at radius 3 is 2.72 bits per heavy atom. The molecule has 1 aliphatic heterocycles. The van der Waals surface area contributed by atoms with Crippen molar-refractivity contribution in [1.82, 2.24) is 10.2 Å². The van der Waals surface area contributed by atoms with E-state index in [1.54, 1.807) is 4.90 Å². The summed E-state index contributed by atoms with van der Waals surface area (Å²) in [7, 11) is 1.51. The molecule has 0 radical (unpaired) electrons. The number of aliphatic hydroxyl groups is 1. The largest absolute Gasteiger partial charge is 0.394 e. The fourth-order valence-electron chi connectivity index (χ4n) is 2.07. The Bertz CT molecular complexity index is 306. The molecule has 0 saturated carbocycles. The van der Waals surface area contributed by atoms with Crippen molar-refractivity contribution < 1.29 is 19.4 Å². The number of hydrogen-bond donors (Lipinski definition) is 2. The number of nitrogens with zero attached hydrogens (tertiary/aromatic N) is 1. The second-order valence-electron chi connectivity index (χ2n) is 4.88. The van der Waals surface area contributed by atoms with Crippen molar-refractivity contribution >= 4 is 11.8 Å². The van der Waals surface area contributed by atoms with Crippen molar-refractivity contribution in [1.29, 1.82) is 0 Å². The second kappa shape index (κ2) is 6.70. The maximum Gasteiger partial charge on any atom is 0.225 e. The van der Waals surface area contributed by atoms with Crippen molar-refractivity contribution in [2.24, 2.45) is 5.92 Å². The summed E-state index contributed by atoms with van der Waals surface area (Å²) in [6, 6.07) is -0.298. The minimum Gasteiger partial charge on any atom is -0.394 e. The Hall–Kier alpha value is -1.14. The maximum atomic E-state index is 11.9. The molecule has 0 aromatic heterocycles. The molecule has 2 atom stereocenters. The predicted molar refractivity (Wildman–Crippen MR) is 65.8 cm³/mol. The number of rotatable bonds is 6. The van der Waals surface area contributed by atoms with Crippen LogP contribution >= 0.6 is 0 Å². The fraction of sp³-hybridized carbons (Fsp3) is 0.833. The third-order valence-corrected chi connectivity index (χ3v) is 3.09. The van der Waals surface area contributed by atoms with E-state index in [1.165, 1.54) is 7.11 Å². The van der Waals surface area contributed by atoms with Crippen LogP contribution in [0.3, 0.4) is 0 Å². The zero-order chi connectivity index (χ0) is 13.7. The molecule has 0 bridgehead atoms. The molecule has 0 aliphatic carbocycles. The van der Waals surface area contributed by atoms with E-state index in [0.29, 0.717) is 6.54 Å². The average Bonchev–Trinajstić information content (AvgIpc) is 2.70. The highest BCUT2D eigenvalue weighted by Gasteiger charge is 2.35. The lowest BCUT2D eigenvalue weighted by Crippen LogP contribution is -2.44. The van der Waals surface area contributed by atoms with Gasteiger partial charge in [-0.15, -0.1) is 0 Å². The van der Waals surface area contributed by atoms with E-state index >= 15 is 0 Å². The van der Waals surface area contributed by atoms with Crippen LogP contribution in [0.15, 0.2) is 0 Å². The van der Waals surface area contributed by atoms with Gasteiger partial charge in [-0.1, -0.05) is 0 Å². The van der Waals surface area contributed by atoms with Gasteiger partial charge in [0.1, 0.15) is 0 Å². The van der Waals surface area contributed by atoms with E-state index in [4.69, 9.17) is 9.84 Å². The first-order valence-corrected chi connectivity index (χ1v) is 6.19. The fourth-order valence-corrected chi connectivity index (χ4v) is 2.07. The van der Waals surface area contributed by atoms with Crippen molar-refractivity contribution in [2.75, 3.05) is 26.9 Å². The normalized spacial score (nSPS) is 21.5. The van der Waals surface area contributed by atoms with Crippen LogP contribution < -0.4 is 5.32 Å². The lowest BCUT2D eigenvalue weighted by molar-refractivity contribution is -0.130. The van der Waals surface area contributed by atoms with Gasteiger partial charge in [-0.05, 0) is 13.8 Å². The summed E-state index contributed by atoms with van der Waals surface area (Å²) in [6.45, 7) is 4.40. The number of amides is 2. The van der Waals surface area contributed by atoms with Gasteiger partial charge in [-0.2, -0.15) is 0 Å². The molecular weight excluding hydrogens is 236 g/mol. The molecule has 0 aromatic rings. The molecular formula is C12H22N2O4. The SMILES string of the molecule is COCC(CO)NC(=O)C1CC(=O)N(C(C)C)C1. The van der Waals surface area contributed by atoms with E-state index in [2.05, 4.69) is 5.32 Å².